The van der Waals surface area contributed by atoms with Gasteiger partial charge in [0.05, 0.1) is 18.7 Å². The van der Waals surface area contributed by atoms with Crippen LogP contribution in [-0.4, -0.2) is 59.3 Å². The van der Waals surface area contributed by atoms with Crippen LogP contribution in [-0.2, 0) is 11.2 Å². The summed E-state index contributed by atoms with van der Waals surface area (Å²) >= 11 is 0. The molecular weight excluding hydrogens is 487 g/mol. The summed E-state index contributed by atoms with van der Waals surface area (Å²) in [7, 11) is 0. The van der Waals surface area contributed by atoms with Crippen molar-refractivity contribution in [2.24, 2.45) is 17.6 Å². The first-order valence-electron chi connectivity index (χ1n) is 13.7. The van der Waals surface area contributed by atoms with Crippen molar-refractivity contribution < 1.29 is 18.4 Å². The van der Waals surface area contributed by atoms with Gasteiger partial charge in [-0.3, -0.25) is 4.79 Å². The summed E-state index contributed by atoms with van der Waals surface area (Å²) in [5, 5.41) is 13.3. The second-order valence-corrected chi connectivity index (χ2v) is 10.9. The first kappa shape index (κ1) is 27.8. The van der Waals surface area contributed by atoms with Crippen LogP contribution in [0.1, 0.15) is 70.2 Å². The van der Waals surface area contributed by atoms with Crippen LogP contribution in [0.15, 0.2) is 22.7 Å². The number of ether oxygens (including phenoxy) is 1. The lowest BCUT2D eigenvalue weighted by molar-refractivity contribution is -0.132. The Morgan fingerprint density at radius 2 is 2.03 bits per heavy atom. The zero-order chi connectivity index (χ0) is 27.2. The van der Waals surface area contributed by atoms with Gasteiger partial charge in [-0.2, -0.15) is 10.2 Å². The van der Waals surface area contributed by atoms with Crippen molar-refractivity contribution in [1.29, 1.82) is 5.26 Å². The minimum absolute atomic E-state index is 0.0810. The van der Waals surface area contributed by atoms with E-state index in [0.29, 0.717) is 48.7 Å². The minimum atomic E-state index is -0.880. The van der Waals surface area contributed by atoms with Crippen molar-refractivity contribution in [2.45, 2.75) is 77.3 Å². The molecule has 3 heterocycles. The van der Waals surface area contributed by atoms with Gasteiger partial charge in [0.15, 0.2) is 5.82 Å². The van der Waals surface area contributed by atoms with Crippen molar-refractivity contribution in [2.75, 3.05) is 31.1 Å². The highest BCUT2D eigenvalue weighted by Crippen LogP contribution is 2.30. The molecule has 3 atom stereocenters. The number of rotatable bonds is 10. The van der Waals surface area contributed by atoms with E-state index in [1.54, 1.807) is 12.1 Å². The maximum absolute atomic E-state index is 14.8. The lowest BCUT2D eigenvalue weighted by Crippen LogP contribution is -2.46. The SMILES string of the molecule is CC(C)c1noc(N2CCC([C@H](C)CCOc3ccc(C[C@H](N)C(=O)N4CCC[C@H]4C#N)c(F)c3)CC2)n1. The Bertz CT molecular complexity index is 1120. The van der Waals surface area contributed by atoms with Crippen molar-refractivity contribution in [3.8, 4) is 11.8 Å². The van der Waals surface area contributed by atoms with Gasteiger partial charge in [0.25, 0.3) is 0 Å². The Balaban J connectivity index is 1.20. The molecule has 0 saturated carbocycles. The number of hydrogen-bond acceptors (Lipinski definition) is 8. The number of nitrogens with zero attached hydrogens (tertiary/aromatic N) is 5. The molecule has 1 amide bonds. The van der Waals surface area contributed by atoms with E-state index in [-0.39, 0.29) is 18.2 Å². The Morgan fingerprint density at radius 1 is 1.26 bits per heavy atom. The molecule has 38 heavy (non-hydrogen) atoms. The smallest absolute Gasteiger partial charge is 0.324 e. The number of anilines is 1. The number of hydrogen-bond donors (Lipinski definition) is 1. The number of amides is 1. The summed E-state index contributed by atoms with van der Waals surface area (Å²) in [6.45, 7) is 9.15. The molecular formula is C28H39FN6O3. The highest BCUT2D eigenvalue weighted by molar-refractivity contribution is 5.82. The van der Waals surface area contributed by atoms with Crippen LogP contribution in [0.5, 0.6) is 5.75 Å². The van der Waals surface area contributed by atoms with E-state index in [2.05, 4.69) is 28.0 Å². The Hall–Kier alpha value is -3.19. The third-order valence-corrected chi connectivity index (χ3v) is 7.87. The minimum Gasteiger partial charge on any atom is -0.493 e. The second-order valence-electron chi connectivity index (χ2n) is 10.9. The molecule has 206 valence electrons. The Labute approximate surface area is 224 Å². The number of benzene rings is 1. The summed E-state index contributed by atoms with van der Waals surface area (Å²) in [6, 6.07) is 6.15. The number of aromatic nitrogens is 2. The molecule has 1 aromatic heterocycles. The number of halogens is 1. The van der Waals surface area contributed by atoms with Gasteiger partial charge in [0.1, 0.15) is 17.6 Å². The number of carbonyl (C=O) groups is 1. The van der Waals surface area contributed by atoms with E-state index in [4.69, 9.17) is 15.0 Å². The van der Waals surface area contributed by atoms with Gasteiger partial charge in [0, 0.05) is 31.6 Å². The highest BCUT2D eigenvalue weighted by Gasteiger charge is 2.32. The third-order valence-electron chi connectivity index (χ3n) is 7.87. The maximum Gasteiger partial charge on any atom is 0.324 e. The summed E-state index contributed by atoms with van der Waals surface area (Å²) in [6.07, 6.45) is 4.50. The zero-order valence-electron chi connectivity index (χ0n) is 22.6. The third kappa shape index (κ3) is 6.62. The molecule has 2 fully saturated rings. The zero-order valence-corrected chi connectivity index (χ0v) is 22.6. The van der Waals surface area contributed by atoms with E-state index in [1.807, 2.05) is 13.8 Å². The fourth-order valence-electron chi connectivity index (χ4n) is 5.33. The number of piperidine rings is 1. The van der Waals surface area contributed by atoms with E-state index in [9.17, 15) is 14.4 Å². The molecule has 2 aromatic rings. The molecule has 0 spiro atoms. The topological polar surface area (TPSA) is 122 Å². The van der Waals surface area contributed by atoms with Gasteiger partial charge in [-0.25, -0.2) is 4.39 Å². The molecule has 2 aliphatic heterocycles. The molecule has 9 nitrogen and oxygen atoms in total. The average Bonchev–Trinajstić information content (AvgIpc) is 3.60. The van der Waals surface area contributed by atoms with Gasteiger partial charge in [-0.15, -0.1) is 0 Å². The molecule has 2 aliphatic rings. The molecule has 4 rings (SSSR count). The van der Waals surface area contributed by atoms with Crippen LogP contribution < -0.4 is 15.4 Å². The van der Waals surface area contributed by atoms with Crippen LogP contribution in [0.3, 0.4) is 0 Å². The summed E-state index contributed by atoms with van der Waals surface area (Å²) < 4.78 is 26.0. The molecule has 10 heteroatoms. The van der Waals surface area contributed by atoms with Gasteiger partial charge >= 0.3 is 6.01 Å². The Morgan fingerprint density at radius 3 is 2.68 bits per heavy atom. The van der Waals surface area contributed by atoms with Crippen LogP contribution in [0.2, 0.25) is 0 Å². The van der Waals surface area contributed by atoms with E-state index >= 15 is 0 Å². The van der Waals surface area contributed by atoms with Crippen molar-refractivity contribution in [3.05, 3.63) is 35.4 Å². The first-order valence-corrected chi connectivity index (χ1v) is 13.7. The predicted molar refractivity (Wildman–Crippen MR) is 141 cm³/mol. The van der Waals surface area contributed by atoms with Gasteiger partial charge < -0.3 is 24.8 Å². The van der Waals surface area contributed by atoms with Gasteiger partial charge in [-0.05, 0) is 62.0 Å². The van der Waals surface area contributed by atoms with Gasteiger partial charge in [0.2, 0.25) is 5.91 Å². The number of carbonyl (C=O) groups excluding carboxylic acids is 1. The molecule has 0 radical (unpaired) electrons. The van der Waals surface area contributed by atoms with Crippen LogP contribution >= 0.6 is 0 Å². The van der Waals surface area contributed by atoms with E-state index < -0.39 is 17.9 Å². The lowest BCUT2D eigenvalue weighted by Gasteiger charge is -2.33. The maximum atomic E-state index is 14.8. The second kappa shape index (κ2) is 12.6. The van der Waals surface area contributed by atoms with E-state index in [0.717, 1.165) is 44.6 Å². The number of likely N-dealkylation sites (tertiary alicyclic amines) is 1. The molecule has 0 aliphatic carbocycles. The molecule has 2 N–H and O–H groups in total. The van der Waals surface area contributed by atoms with Crippen LogP contribution in [0, 0.1) is 29.0 Å². The van der Waals surface area contributed by atoms with Crippen LogP contribution in [0.4, 0.5) is 10.4 Å². The van der Waals surface area contributed by atoms with Crippen LogP contribution in [0.25, 0.3) is 0 Å². The molecule has 0 bridgehead atoms. The highest BCUT2D eigenvalue weighted by atomic mass is 19.1. The monoisotopic (exact) mass is 526 g/mol. The fourth-order valence-corrected chi connectivity index (χ4v) is 5.33. The standard InChI is InChI=1S/C28H39FN6O3/c1-18(2)26-32-28(38-33-26)34-12-8-20(9-13-34)19(3)10-14-37-23-7-6-21(24(29)16-23)15-25(31)27(36)35-11-4-5-22(35)17-30/h6-7,16,18-20,22,25H,4-5,8-15,31H2,1-3H3/t19-,22+,25+/m1/s1. The van der Waals surface area contributed by atoms with E-state index in [1.165, 1.54) is 11.0 Å². The van der Waals surface area contributed by atoms with Crippen molar-refractivity contribution in [3.63, 3.8) is 0 Å². The summed E-state index contributed by atoms with van der Waals surface area (Å²) in [4.78, 5) is 20.8. The Kier molecular flexibility index (Phi) is 9.21. The summed E-state index contributed by atoms with van der Waals surface area (Å²) in [5.74, 6) is 1.77. The quantitative estimate of drug-likeness (QED) is 0.492. The fraction of sp³-hybridized carbons (Fsp3) is 0.643. The summed E-state index contributed by atoms with van der Waals surface area (Å²) in [5.41, 5.74) is 6.45. The largest absolute Gasteiger partial charge is 0.493 e. The molecule has 2 saturated heterocycles. The number of nitriles is 1. The average molecular weight is 527 g/mol. The lowest BCUT2D eigenvalue weighted by atomic mass is 9.84. The van der Waals surface area contributed by atoms with Crippen molar-refractivity contribution in [1.82, 2.24) is 15.0 Å². The van der Waals surface area contributed by atoms with Crippen molar-refractivity contribution >= 4 is 11.9 Å². The first-order chi connectivity index (χ1) is 18.3. The molecule has 1 aromatic carbocycles. The number of nitrogens with two attached hydrogens (primary N) is 1. The van der Waals surface area contributed by atoms with Gasteiger partial charge in [-0.1, -0.05) is 32.0 Å². The predicted octanol–water partition coefficient (Wildman–Crippen LogP) is 4.04. The molecule has 0 unspecified atom stereocenters. The normalized spacial score (nSPS) is 20.0.